The molecule has 1 amide bonds. The van der Waals surface area contributed by atoms with Gasteiger partial charge in [-0.05, 0) is 92.7 Å². The lowest BCUT2D eigenvalue weighted by Gasteiger charge is -2.56. The molecule has 6 heteroatoms. The first kappa shape index (κ1) is 20.1. The summed E-state index contributed by atoms with van der Waals surface area (Å²) >= 11 is 1.47. The zero-order chi connectivity index (χ0) is 20.9. The number of carbonyl (C=O) groups excluding carboxylic acids is 1. The molecule has 4 fully saturated rings. The van der Waals surface area contributed by atoms with Crippen LogP contribution in [-0.4, -0.2) is 26.4 Å². The molecule has 0 radical (unpaired) electrons. The van der Waals surface area contributed by atoms with Gasteiger partial charge in [-0.1, -0.05) is 23.9 Å². The van der Waals surface area contributed by atoms with Crippen LogP contribution in [0.2, 0.25) is 0 Å². The van der Waals surface area contributed by atoms with Crippen LogP contribution in [0.3, 0.4) is 0 Å². The summed E-state index contributed by atoms with van der Waals surface area (Å²) in [5.74, 6) is 4.29. The quantitative estimate of drug-likeness (QED) is 0.669. The number of anilines is 1. The molecular weight excluding hydrogens is 392 g/mol. The second-order valence-corrected chi connectivity index (χ2v) is 11.1. The van der Waals surface area contributed by atoms with Crippen molar-refractivity contribution in [3.05, 3.63) is 35.2 Å². The summed E-state index contributed by atoms with van der Waals surface area (Å²) in [6.07, 6.45) is 9.60. The molecular formula is C24H32N4OS. The Morgan fingerprint density at radius 3 is 2.47 bits per heavy atom. The van der Waals surface area contributed by atoms with Gasteiger partial charge >= 0.3 is 0 Å². The summed E-state index contributed by atoms with van der Waals surface area (Å²) in [5.41, 5.74) is 3.65. The Morgan fingerprint density at radius 1 is 1.13 bits per heavy atom. The van der Waals surface area contributed by atoms with Crippen molar-refractivity contribution in [1.82, 2.24) is 14.8 Å². The first-order valence-electron chi connectivity index (χ1n) is 11.3. The highest BCUT2D eigenvalue weighted by atomic mass is 32.2. The van der Waals surface area contributed by atoms with Crippen molar-refractivity contribution >= 4 is 23.4 Å². The number of thioether (sulfide) groups is 1. The molecule has 6 rings (SSSR count). The molecule has 4 aliphatic carbocycles. The summed E-state index contributed by atoms with van der Waals surface area (Å²) in [5, 5.41) is 12.8. The highest BCUT2D eigenvalue weighted by Gasteiger charge is 2.51. The molecule has 4 aliphatic rings. The van der Waals surface area contributed by atoms with Gasteiger partial charge in [0.15, 0.2) is 5.16 Å². The Morgan fingerprint density at radius 2 is 1.80 bits per heavy atom. The zero-order valence-electron chi connectivity index (χ0n) is 18.3. The van der Waals surface area contributed by atoms with Crippen molar-refractivity contribution in [2.45, 2.75) is 63.9 Å². The summed E-state index contributed by atoms with van der Waals surface area (Å²) < 4.78 is 2.12. The van der Waals surface area contributed by atoms with E-state index in [1.807, 2.05) is 19.1 Å². The molecule has 30 heavy (non-hydrogen) atoms. The molecule has 4 saturated carbocycles. The van der Waals surface area contributed by atoms with E-state index in [1.54, 1.807) is 0 Å². The summed E-state index contributed by atoms with van der Waals surface area (Å²) in [7, 11) is 2.06. The molecule has 0 saturated heterocycles. The van der Waals surface area contributed by atoms with Crippen LogP contribution >= 0.6 is 11.8 Å². The molecule has 160 valence electrons. The molecule has 1 aromatic heterocycles. The summed E-state index contributed by atoms with van der Waals surface area (Å²) in [6.45, 7) is 4.10. The molecule has 0 spiro atoms. The van der Waals surface area contributed by atoms with Crippen LogP contribution in [0.4, 0.5) is 5.69 Å². The van der Waals surface area contributed by atoms with Gasteiger partial charge in [0, 0.05) is 19.2 Å². The molecule has 5 nitrogen and oxygen atoms in total. The second-order valence-electron chi connectivity index (χ2n) is 10.1. The van der Waals surface area contributed by atoms with Crippen molar-refractivity contribution in [3.8, 4) is 0 Å². The molecule has 1 N–H and O–H groups in total. The maximum atomic E-state index is 12.5. The number of benzene rings is 1. The minimum Gasteiger partial charge on any atom is -0.325 e. The third kappa shape index (κ3) is 3.79. The van der Waals surface area contributed by atoms with Crippen LogP contribution in [0.25, 0.3) is 0 Å². The molecule has 2 aromatic rings. The van der Waals surface area contributed by atoms with Gasteiger partial charge in [-0.3, -0.25) is 4.79 Å². The van der Waals surface area contributed by atoms with Crippen molar-refractivity contribution < 1.29 is 4.79 Å². The number of carbonyl (C=O) groups is 1. The van der Waals surface area contributed by atoms with Gasteiger partial charge in [-0.25, -0.2) is 0 Å². The lowest BCUT2D eigenvalue weighted by molar-refractivity contribution is -0.113. The highest BCUT2D eigenvalue weighted by Crippen LogP contribution is 2.60. The fourth-order valence-corrected chi connectivity index (χ4v) is 7.40. The fraction of sp³-hybridized carbons (Fsp3) is 0.625. The van der Waals surface area contributed by atoms with E-state index < -0.39 is 0 Å². The number of nitrogens with zero attached hydrogens (tertiary/aromatic N) is 3. The van der Waals surface area contributed by atoms with Gasteiger partial charge in [0.05, 0.1) is 5.75 Å². The van der Waals surface area contributed by atoms with Gasteiger partial charge in [-0.15, -0.1) is 10.2 Å². The standard InChI is InChI=1S/C24H32N4OS/c1-15-5-4-6-20(16(15)2)25-22(29)14-30-23-27-26-21(28(23)3)13-24-10-17-7-18(11-24)9-19(8-17)12-24/h4-6,17-19H,7-14H2,1-3H3,(H,25,29). The van der Waals surface area contributed by atoms with Crippen molar-refractivity contribution in [2.75, 3.05) is 11.1 Å². The van der Waals surface area contributed by atoms with E-state index >= 15 is 0 Å². The van der Waals surface area contributed by atoms with E-state index in [4.69, 9.17) is 0 Å². The Bertz CT molecular complexity index is 931. The number of hydrogen-bond donors (Lipinski definition) is 1. The number of nitrogens with one attached hydrogen (secondary N) is 1. The van der Waals surface area contributed by atoms with Gasteiger partial charge in [0.1, 0.15) is 5.82 Å². The van der Waals surface area contributed by atoms with Gasteiger partial charge in [0.2, 0.25) is 5.91 Å². The Labute approximate surface area is 183 Å². The maximum absolute atomic E-state index is 12.5. The lowest BCUT2D eigenvalue weighted by atomic mass is 9.49. The SMILES string of the molecule is Cc1cccc(NC(=O)CSc2nnc(CC34CC5CC(CC(C5)C3)C4)n2C)c1C. The van der Waals surface area contributed by atoms with Gasteiger partial charge in [-0.2, -0.15) is 0 Å². The number of amides is 1. The van der Waals surface area contributed by atoms with Gasteiger partial charge < -0.3 is 9.88 Å². The van der Waals surface area contributed by atoms with E-state index in [1.165, 1.54) is 55.9 Å². The van der Waals surface area contributed by atoms with Gasteiger partial charge in [0.25, 0.3) is 0 Å². The predicted octanol–water partition coefficient (Wildman–Crippen LogP) is 4.92. The molecule has 1 aromatic carbocycles. The summed E-state index contributed by atoms with van der Waals surface area (Å²) in [4.78, 5) is 12.5. The van der Waals surface area contributed by atoms with E-state index in [2.05, 4.69) is 40.1 Å². The smallest absolute Gasteiger partial charge is 0.234 e. The van der Waals surface area contributed by atoms with Crippen LogP contribution in [0.1, 0.15) is 55.5 Å². The summed E-state index contributed by atoms with van der Waals surface area (Å²) in [6, 6.07) is 5.99. The fourth-order valence-electron chi connectivity index (χ4n) is 6.67. The maximum Gasteiger partial charge on any atom is 0.234 e. The third-order valence-corrected chi connectivity index (χ3v) is 8.85. The third-order valence-electron chi connectivity index (χ3n) is 7.83. The Hall–Kier alpha value is -1.82. The largest absolute Gasteiger partial charge is 0.325 e. The van der Waals surface area contributed by atoms with Crippen molar-refractivity contribution in [2.24, 2.45) is 30.2 Å². The highest BCUT2D eigenvalue weighted by molar-refractivity contribution is 7.99. The van der Waals surface area contributed by atoms with E-state index in [-0.39, 0.29) is 5.91 Å². The average Bonchev–Trinajstić information content (AvgIpc) is 3.02. The molecule has 0 unspecified atom stereocenters. The molecule has 0 atom stereocenters. The molecule has 0 aliphatic heterocycles. The Balaban J connectivity index is 1.21. The molecule has 4 bridgehead atoms. The average molecular weight is 425 g/mol. The van der Waals surface area contributed by atoms with Crippen LogP contribution in [-0.2, 0) is 18.3 Å². The number of aryl methyl sites for hydroxylation is 1. The van der Waals surface area contributed by atoms with Crippen molar-refractivity contribution in [1.29, 1.82) is 0 Å². The monoisotopic (exact) mass is 424 g/mol. The topological polar surface area (TPSA) is 59.8 Å². The molecule has 1 heterocycles. The number of aromatic nitrogens is 3. The van der Waals surface area contributed by atoms with Crippen molar-refractivity contribution in [3.63, 3.8) is 0 Å². The lowest BCUT2D eigenvalue weighted by Crippen LogP contribution is -2.47. The number of hydrogen-bond acceptors (Lipinski definition) is 4. The van der Waals surface area contributed by atoms with E-state index in [0.717, 1.165) is 46.4 Å². The first-order chi connectivity index (χ1) is 14.4. The van der Waals surface area contributed by atoms with Crippen LogP contribution in [0.5, 0.6) is 0 Å². The minimum atomic E-state index is -0.000616. The predicted molar refractivity (Wildman–Crippen MR) is 121 cm³/mol. The zero-order valence-corrected chi connectivity index (χ0v) is 19.1. The van der Waals surface area contributed by atoms with Crippen LogP contribution in [0, 0.1) is 37.0 Å². The van der Waals surface area contributed by atoms with E-state index in [9.17, 15) is 4.79 Å². The normalized spacial score (nSPS) is 29.4. The Kier molecular flexibility index (Phi) is 5.16. The van der Waals surface area contributed by atoms with Crippen LogP contribution < -0.4 is 5.32 Å². The number of rotatable bonds is 6. The minimum absolute atomic E-state index is 0.000616. The van der Waals surface area contributed by atoms with E-state index in [0.29, 0.717) is 11.2 Å². The van der Waals surface area contributed by atoms with Crippen LogP contribution in [0.15, 0.2) is 23.4 Å². The first-order valence-corrected chi connectivity index (χ1v) is 12.3. The second kappa shape index (κ2) is 7.70.